The van der Waals surface area contributed by atoms with Crippen molar-refractivity contribution in [2.24, 2.45) is 0 Å². The largest absolute Gasteiger partial charge is 0.508 e. The van der Waals surface area contributed by atoms with E-state index >= 15 is 0 Å². The molecule has 0 radical (unpaired) electrons. The smallest absolute Gasteiger partial charge is 0.199 e. The molecule has 0 aromatic heterocycles. The maximum atomic E-state index is 11.4. The minimum absolute atomic E-state index is 0.0373. The van der Waals surface area contributed by atoms with Gasteiger partial charge in [-0.1, -0.05) is 25.1 Å². The maximum Gasteiger partial charge on any atom is 0.199 e. The van der Waals surface area contributed by atoms with Gasteiger partial charge < -0.3 is 10.5 Å². The number of nitrogens with one attached hydrogen (secondary N) is 1. The van der Waals surface area contributed by atoms with E-state index in [0.717, 1.165) is 12.0 Å². The molecule has 1 aromatic rings. The number of ketones is 1. The molecule has 0 heterocycles. The molecule has 1 aromatic carbocycles. The fourth-order valence-corrected chi connectivity index (χ4v) is 1.28. The molecule has 16 heavy (non-hydrogen) atoms. The van der Waals surface area contributed by atoms with Crippen molar-refractivity contribution in [3.05, 3.63) is 42.0 Å². The Bertz CT molecular complexity index is 422. The van der Waals surface area contributed by atoms with Gasteiger partial charge in [-0.15, -0.1) is 0 Å². The van der Waals surface area contributed by atoms with Crippen LogP contribution in [0.25, 0.3) is 0 Å². The van der Waals surface area contributed by atoms with E-state index in [2.05, 4.69) is 0 Å². The lowest BCUT2D eigenvalue weighted by Gasteiger charge is -2.01. The lowest BCUT2D eigenvalue weighted by Crippen LogP contribution is -2.12. The minimum atomic E-state index is -0.273. The lowest BCUT2D eigenvalue weighted by atomic mass is 10.1. The van der Waals surface area contributed by atoms with Crippen LogP contribution in [-0.2, 0) is 11.2 Å². The summed E-state index contributed by atoms with van der Waals surface area (Å²) in [7, 11) is 0. The number of hydrogen-bond acceptors (Lipinski definition) is 3. The normalized spacial score (nSPS) is 10.6. The van der Waals surface area contributed by atoms with E-state index < -0.39 is 0 Å². The molecule has 0 amide bonds. The van der Waals surface area contributed by atoms with Crippen molar-refractivity contribution in [2.45, 2.75) is 19.8 Å². The molecule has 0 unspecified atom stereocenters. The number of carbonyl (C=O) groups excluding carboxylic acids is 1. The molecule has 2 N–H and O–H groups in total. The lowest BCUT2D eigenvalue weighted by molar-refractivity contribution is -0.109. The molecule has 0 aliphatic rings. The highest BCUT2D eigenvalue weighted by atomic mass is 16.3. The molecular formula is C13H15NO2. The minimum Gasteiger partial charge on any atom is -0.508 e. The molecular weight excluding hydrogens is 202 g/mol. The fourth-order valence-electron chi connectivity index (χ4n) is 1.28. The van der Waals surface area contributed by atoms with Crippen LogP contribution in [0.5, 0.6) is 5.75 Å². The molecule has 84 valence electrons. The van der Waals surface area contributed by atoms with Gasteiger partial charge >= 0.3 is 0 Å². The number of allylic oxidation sites excluding steroid dienone is 2. The Morgan fingerprint density at radius 2 is 2.25 bits per heavy atom. The first-order valence-electron chi connectivity index (χ1n) is 5.19. The summed E-state index contributed by atoms with van der Waals surface area (Å²) in [5.41, 5.74) is 0.804. The zero-order chi connectivity index (χ0) is 12.0. The summed E-state index contributed by atoms with van der Waals surface area (Å²) in [5.74, 6) is -0.118. The second kappa shape index (κ2) is 5.85. The monoisotopic (exact) mass is 217 g/mol. The number of phenols is 1. The van der Waals surface area contributed by atoms with Gasteiger partial charge in [0.05, 0.1) is 5.71 Å². The summed E-state index contributed by atoms with van der Waals surface area (Å²) in [6, 6.07) is 6.60. The SMILES string of the molecule is CC/C=C/C(=O)C(=N)Cc1cccc(O)c1. The standard InChI is InChI=1S/C13H15NO2/c1-2-3-7-13(16)12(14)9-10-5-4-6-11(15)8-10/h3-8,14-15H,2,9H2,1H3/b7-3+,14-12?. The highest BCUT2D eigenvalue weighted by molar-refractivity contribution is 6.43. The van der Waals surface area contributed by atoms with E-state index in [1.165, 1.54) is 6.08 Å². The first-order valence-corrected chi connectivity index (χ1v) is 5.19. The van der Waals surface area contributed by atoms with Crippen molar-refractivity contribution in [3.63, 3.8) is 0 Å². The van der Waals surface area contributed by atoms with Gasteiger partial charge in [0.25, 0.3) is 0 Å². The summed E-state index contributed by atoms with van der Waals surface area (Å²) < 4.78 is 0. The van der Waals surface area contributed by atoms with Gasteiger partial charge in [0.1, 0.15) is 5.75 Å². The summed E-state index contributed by atoms with van der Waals surface area (Å²) in [6.07, 6.45) is 4.19. The average Bonchev–Trinajstić information content (AvgIpc) is 2.25. The molecule has 3 heteroatoms. The molecule has 0 aliphatic carbocycles. The Hall–Kier alpha value is -1.90. The van der Waals surface area contributed by atoms with Gasteiger partial charge in [-0.05, 0) is 30.2 Å². The topological polar surface area (TPSA) is 61.2 Å². The molecule has 0 atom stereocenters. The number of rotatable bonds is 5. The van der Waals surface area contributed by atoms with E-state index in [1.807, 2.05) is 6.92 Å². The highest BCUT2D eigenvalue weighted by Gasteiger charge is 2.06. The molecule has 1 rings (SSSR count). The van der Waals surface area contributed by atoms with Crippen LogP contribution in [-0.4, -0.2) is 16.6 Å². The molecule has 0 spiro atoms. The van der Waals surface area contributed by atoms with Crippen molar-refractivity contribution >= 4 is 11.5 Å². The average molecular weight is 217 g/mol. The van der Waals surface area contributed by atoms with Gasteiger partial charge in [-0.25, -0.2) is 0 Å². The van der Waals surface area contributed by atoms with Crippen LogP contribution in [0.2, 0.25) is 0 Å². The van der Waals surface area contributed by atoms with E-state index in [4.69, 9.17) is 5.41 Å². The second-order valence-corrected chi connectivity index (χ2v) is 3.50. The van der Waals surface area contributed by atoms with Crippen LogP contribution in [0, 0.1) is 5.41 Å². The van der Waals surface area contributed by atoms with E-state index in [9.17, 15) is 9.90 Å². The molecule has 0 saturated heterocycles. The highest BCUT2D eigenvalue weighted by Crippen LogP contribution is 2.11. The Labute approximate surface area is 94.9 Å². The first kappa shape index (κ1) is 12.2. The molecule has 0 saturated carbocycles. The van der Waals surface area contributed by atoms with Crippen LogP contribution in [0.1, 0.15) is 18.9 Å². The van der Waals surface area contributed by atoms with Gasteiger partial charge in [-0.3, -0.25) is 4.79 Å². The van der Waals surface area contributed by atoms with E-state index in [-0.39, 0.29) is 23.7 Å². The summed E-state index contributed by atoms with van der Waals surface area (Å²) in [4.78, 5) is 11.4. The molecule has 0 fully saturated rings. The van der Waals surface area contributed by atoms with Crippen LogP contribution in [0.3, 0.4) is 0 Å². The summed E-state index contributed by atoms with van der Waals surface area (Å²) in [5, 5.41) is 16.8. The van der Waals surface area contributed by atoms with Crippen molar-refractivity contribution in [1.82, 2.24) is 0 Å². The fraction of sp³-hybridized carbons (Fsp3) is 0.231. The number of carbonyl (C=O) groups is 1. The first-order chi connectivity index (χ1) is 7.63. The van der Waals surface area contributed by atoms with E-state index in [0.29, 0.717) is 0 Å². The summed E-state index contributed by atoms with van der Waals surface area (Å²) in [6.45, 7) is 1.93. The Kier molecular flexibility index (Phi) is 4.45. The maximum absolute atomic E-state index is 11.4. The van der Waals surface area contributed by atoms with Crippen molar-refractivity contribution in [3.8, 4) is 5.75 Å². The number of aromatic hydroxyl groups is 1. The zero-order valence-corrected chi connectivity index (χ0v) is 9.23. The van der Waals surface area contributed by atoms with Crippen molar-refractivity contribution < 1.29 is 9.90 Å². The van der Waals surface area contributed by atoms with E-state index in [1.54, 1.807) is 30.3 Å². The summed E-state index contributed by atoms with van der Waals surface area (Å²) >= 11 is 0. The number of hydrogen-bond donors (Lipinski definition) is 2. The third-order valence-corrected chi connectivity index (χ3v) is 2.09. The van der Waals surface area contributed by atoms with Crippen LogP contribution < -0.4 is 0 Å². The van der Waals surface area contributed by atoms with Crippen LogP contribution in [0.15, 0.2) is 36.4 Å². The van der Waals surface area contributed by atoms with Gasteiger partial charge in [-0.2, -0.15) is 0 Å². The van der Waals surface area contributed by atoms with Gasteiger partial charge in [0, 0.05) is 6.42 Å². The van der Waals surface area contributed by atoms with Gasteiger partial charge in [0.15, 0.2) is 5.78 Å². The quantitative estimate of drug-likeness (QED) is 0.588. The second-order valence-electron chi connectivity index (χ2n) is 3.50. The molecule has 0 bridgehead atoms. The van der Waals surface area contributed by atoms with Crippen LogP contribution in [0.4, 0.5) is 0 Å². The Morgan fingerprint density at radius 3 is 2.88 bits per heavy atom. The molecule has 3 nitrogen and oxygen atoms in total. The van der Waals surface area contributed by atoms with Crippen molar-refractivity contribution in [2.75, 3.05) is 0 Å². The van der Waals surface area contributed by atoms with Crippen molar-refractivity contribution in [1.29, 1.82) is 5.41 Å². The number of benzene rings is 1. The predicted molar refractivity (Wildman–Crippen MR) is 64.0 cm³/mol. The zero-order valence-electron chi connectivity index (χ0n) is 9.23. The van der Waals surface area contributed by atoms with Gasteiger partial charge in [0.2, 0.25) is 0 Å². The predicted octanol–water partition coefficient (Wildman–Crippen LogP) is 2.49. The van der Waals surface area contributed by atoms with Crippen LogP contribution >= 0.6 is 0 Å². The Balaban J connectivity index is 2.64. The third kappa shape index (κ3) is 3.69. The number of phenolic OH excluding ortho intramolecular Hbond substituents is 1. The Morgan fingerprint density at radius 1 is 1.50 bits per heavy atom. The third-order valence-electron chi connectivity index (χ3n) is 2.09. The molecule has 0 aliphatic heterocycles.